The summed E-state index contributed by atoms with van der Waals surface area (Å²) in [7, 11) is 4.94. The van der Waals surface area contributed by atoms with Crippen LogP contribution < -0.4 is 14.2 Å². The Morgan fingerprint density at radius 3 is 2.28 bits per heavy atom. The summed E-state index contributed by atoms with van der Waals surface area (Å²) in [6.07, 6.45) is 1.89. The molecule has 0 unspecified atom stereocenters. The first-order valence-electron chi connectivity index (χ1n) is 8.52. The second-order valence-electron chi connectivity index (χ2n) is 6.64. The monoisotopic (exact) mass is 341 g/mol. The third-order valence-corrected chi connectivity index (χ3v) is 5.40. The highest BCUT2D eigenvalue weighted by Gasteiger charge is 2.33. The molecular weight excluding hydrogens is 318 g/mol. The molecule has 0 radical (unpaired) electrons. The topological polar surface area (TPSA) is 51.2 Å². The van der Waals surface area contributed by atoms with E-state index in [0.717, 1.165) is 37.4 Å². The average Bonchev–Trinajstić information content (AvgIpc) is 2.64. The second kappa shape index (κ2) is 6.15. The Morgan fingerprint density at radius 1 is 0.880 bits per heavy atom. The van der Waals surface area contributed by atoms with Crippen LogP contribution in [0.3, 0.4) is 0 Å². The van der Waals surface area contributed by atoms with E-state index in [1.165, 1.54) is 22.3 Å². The Balaban J connectivity index is 1.76. The molecule has 5 nitrogen and oxygen atoms in total. The van der Waals surface area contributed by atoms with Gasteiger partial charge in [0, 0.05) is 19.1 Å². The summed E-state index contributed by atoms with van der Waals surface area (Å²) < 4.78 is 16.2. The molecule has 0 aliphatic carbocycles. The Kier molecular flexibility index (Phi) is 3.96. The summed E-state index contributed by atoms with van der Waals surface area (Å²) in [4.78, 5) is 2.47. The third-order valence-electron chi connectivity index (χ3n) is 5.40. The lowest BCUT2D eigenvalue weighted by Gasteiger charge is -2.41. The molecule has 2 aromatic rings. The fourth-order valence-corrected chi connectivity index (χ4v) is 4.09. The third kappa shape index (κ3) is 2.59. The molecule has 0 spiro atoms. The van der Waals surface area contributed by atoms with Crippen LogP contribution in [-0.4, -0.2) is 37.9 Å². The van der Waals surface area contributed by atoms with E-state index in [1.54, 1.807) is 21.3 Å². The van der Waals surface area contributed by atoms with Crippen molar-refractivity contribution in [1.29, 1.82) is 0 Å². The van der Waals surface area contributed by atoms with Crippen molar-refractivity contribution < 1.29 is 19.3 Å². The van der Waals surface area contributed by atoms with Crippen LogP contribution in [0.5, 0.6) is 23.0 Å². The fourth-order valence-electron chi connectivity index (χ4n) is 4.09. The largest absolute Gasteiger partial charge is 0.504 e. The van der Waals surface area contributed by atoms with Gasteiger partial charge in [-0.15, -0.1) is 0 Å². The van der Waals surface area contributed by atoms with Crippen molar-refractivity contribution in [2.45, 2.75) is 25.4 Å². The van der Waals surface area contributed by atoms with Crippen molar-refractivity contribution in [3.8, 4) is 23.0 Å². The minimum atomic E-state index is 0.212. The second-order valence-corrected chi connectivity index (χ2v) is 6.64. The SMILES string of the molecule is COc1cc2c(cc1O)CN1CCc3cc(OC)c(OC)cc3[C@H]1C2. The van der Waals surface area contributed by atoms with Gasteiger partial charge in [0.1, 0.15) is 0 Å². The first-order valence-corrected chi connectivity index (χ1v) is 8.52. The Hall–Kier alpha value is -2.40. The molecule has 0 saturated carbocycles. The molecule has 0 fully saturated rings. The molecular formula is C20H23NO4. The summed E-state index contributed by atoms with van der Waals surface area (Å²) in [5.74, 6) is 2.31. The van der Waals surface area contributed by atoms with Gasteiger partial charge in [-0.05, 0) is 59.4 Å². The van der Waals surface area contributed by atoms with E-state index in [1.807, 2.05) is 12.1 Å². The van der Waals surface area contributed by atoms with E-state index in [0.29, 0.717) is 11.8 Å². The van der Waals surface area contributed by atoms with Gasteiger partial charge < -0.3 is 19.3 Å². The molecule has 1 atom stereocenters. The predicted octanol–water partition coefficient (Wildman–Crippen LogP) is 3.07. The molecule has 132 valence electrons. The number of phenols is 1. The molecule has 2 aliphatic rings. The first kappa shape index (κ1) is 16.1. The van der Waals surface area contributed by atoms with Crippen LogP contribution in [0.15, 0.2) is 24.3 Å². The van der Waals surface area contributed by atoms with Gasteiger partial charge in [-0.25, -0.2) is 0 Å². The highest BCUT2D eigenvalue weighted by atomic mass is 16.5. The smallest absolute Gasteiger partial charge is 0.161 e. The summed E-state index contributed by atoms with van der Waals surface area (Å²) in [5, 5.41) is 10.1. The van der Waals surface area contributed by atoms with Crippen molar-refractivity contribution in [3.05, 3.63) is 46.5 Å². The Bertz CT molecular complexity index is 818. The minimum absolute atomic E-state index is 0.212. The number of methoxy groups -OCH3 is 3. The fraction of sp³-hybridized carbons (Fsp3) is 0.400. The van der Waals surface area contributed by atoms with Gasteiger partial charge in [-0.1, -0.05) is 0 Å². The zero-order valence-electron chi connectivity index (χ0n) is 14.8. The normalized spacial score (nSPS) is 18.8. The number of rotatable bonds is 3. The van der Waals surface area contributed by atoms with E-state index >= 15 is 0 Å². The highest BCUT2D eigenvalue weighted by Crippen LogP contribution is 2.44. The molecule has 25 heavy (non-hydrogen) atoms. The Morgan fingerprint density at radius 2 is 1.56 bits per heavy atom. The maximum Gasteiger partial charge on any atom is 0.161 e. The number of benzene rings is 2. The number of hydrogen-bond donors (Lipinski definition) is 1. The molecule has 1 N–H and O–H groups in total. The number of hydrogen-bond acceptors (Lipinski definition) is 5. The maximum absolute atomic E-state index is 10.1. The quantitative estimate of drug-likeness (QED) is 0.930. The van der Waals surface area contributed by atoms with E-state index in [-0.39, 0.29) is 5.75 Å². The van der Waals surface area contributed by atoms with Gasteiger partial charge in [0.2, 0.25) is 0 Å². The number of nitrogens with zero attached hydrogens (tertiary/aromatic N) is 1. The maximum atomic E-state index is 10.1. The van der Waals surface area contributed by atoms with E-state index in [2.05, 4.69) is 17.0 Å². The van der Waals surface area contributed by atoms with Crippen LogP contribution in [0.2, 0.25) is 0 Å². The van der Waals surface area contributed by atoms with Crippen molar-refractivity contribution in [2.24, 2.45) is 0 Å². The van der Waals surface area contributed by atoms with Gasteiger partial charge in [-0.3, -0.25) is 4.90 Å². The zero-order chi connectivity index (χ0) is 17.6. The first-order chi connectivity index (χ1) is 12.1. The molecule has 0 bridgehead atoms. The highest BCUT2D eigenvalue weighted by molar-refractivity contribution is 5.52. The molecule has 0 amide bonds. The van der Waals surface area contributed by atoms with Gasteiger partial charge in [0.15, 0.2) is 23.0 Å². The van der Waals surface area contributed by atoms with Crippen LogP contribution in [0.25, 0.3) is 0 Å². The lowest BCUT2D eigenvalue weighted by atomic mass is 9.83. The van der Waals surface area contributed by atoms with Crippen LogP contribution in [0, 0.1) is 0 Å². The summed E-state index contributed by atoms with van der Waals surface area (Å²) >= 11 is 0. The van der Waals surface area contributed by atoms with Crippen molar-refractivity contribution >= 4 is 0 Å². The predicted molar refractivity (Wildman–Crippen MR) is 94.8 cm³/mol. The standard InChI is InChI=1S/C20H23NO4/c1-23-18-9-13-6-16-15-10-20(25-3)19(24-2)8-12(15)4-5-21(16)11-14(13)7-17(18)22/h7-10,16,22H,4-6,11H2,1-3H3/t16-/m1/s1. The van der Waals surface area contributed by atoms with Gasteiger partial charge >= 0.3 is 0 Å². The van der Waals surface area contributed by atoms with Crippen molar-refractivity contribution in [2.75, 3.05) is 27.9 Å². The minimum Gasteiger partial charge on any atom is -0.504 e. The number of aromatic hydroxyl groups is 1. The van der Waals surface area contributed by atoms with E-state index in [4.69, 9.17) is 14.2 Å². The Labute approximate surface area is 147 Å². The molecule has 4 rings (SSSR count). The van der Waals surface area contributed by atoms with Gasteiger partial charge in [-0.2, -0.15) is 0 Å². The molecule has 0 aromatic heterocycles. The number of fused-ring (bicyclic) bond motifs is 4. The van der Waals surface area contributed by atoms with Crippen LogP contribution in [0.4, 0.5) is 0 Å². The molecule has 2 aliphatic heterocycles. The summed E-state index contributed by atoms with van der Waals surface area (Å²) in [5.41, 5.74) is 5.05. The summed E-state index contributed by atoms with van der Waals surface area (Å²) in [6, 6.07) is 8.35. The molecule has 0 saturated heterocycles. The summed E-state index contributed by atoms with van der Waals surface area (Å²) in [6.45, 7) is 1.84. The lowest BCUT2D eigenvalue weighted by Crippen LogP contribution is -2.39. The van der Waals surface area contributed by atoms with Crippen LogP contribution >= 0.6 is 0 Å². The number of ether oxygens (including phenoxy) is 3. The lowest BCUT2D eigenvalue weighted by molar-refractivity contribution is 0.160. The molecule has 5 heteroatoms. The van der Waals surface area contributed by atoms with Crippen molar-refractivity contribution in [3.63, 3.8) is 0 Å². The van der Waals surface area contributed by atoms with E-state index in [9.17, 15) is 5.11 Å². The molecule has 2 aromatic carbocycles. The van der Waals surface area contributed by atoms with Gasteiger partial charge in [0.05, 0.1) is 21.3 Å². The zero-order valence-corrected chi connectivity index (χ0v) is 14.8. The van der Waals surface area contributed by atoms with Crippen molar-refractivity contribution in [1.82, 2.24) is 4.90 Å². The van der Waals surface area contributed by atoms with Crippen LogP contribution in [-0.2, 0) is 19.4 Å². The number of phenolic OH excluding ortho intramolecular Hbond substituents is 1. The van der Waals surface area contributed by atoms with Crippen LogP contribution in [0.1, 0.15) is 28.3 Å². The molecule has 2 heterocycles. The van der Waals surface area contributed by atoms with Gasteiger partial charge in [0.25, 0.3) is 0 Å². The van der Waals surface area contributed by atoms with E-state index < -0.39 is 0 Å². The average molecular weight is 341 g/mol.